The van der Waals surface area contributed by atoms with Crippen LogP contribution in [0, 0.1) is 0 Å². The Hall–Kier alpha value is -2.11. The van der Waals surface area contributed by atoms with Gasteiger partial charge in [-0.2, -0.15) is 0 Å². The minimum Gasteiger partial charge on any atom is -0.417 e. The second-order valence-electron chi connectivity index (χ2n) is 6.44. The molecular formula is C17H24N4O2. The minimum atomic E-state index is -0.164. The smallest absolute Gasteiger partial charge is 0.311 e. The fourth-order valence-electron chi connectivity index (χ4n) is 2.55. The van der Waals surface area contributed by atoms with E-state index in [2.05, 4.69) is 42.5 Å². The molecule has 1 aliphatic heterocycles. The Labute approximate surface area is 136 Å². The molecule has 1 aliphatic carbocycles. The largest absolute Gasteiger partial charge is 0.417 e. The molecule has 1 fully saturated rings. The van der Waals surface area contributed by atoms with Crippen LogP contribution >= 0.6 is 0 Å². The van der Waals surface area contributed by atoms with Crippen LogP contribution in [0.15, 0.2) is 27.5 Å². The average molecular weight is 316 g/mol. The van der Waals surface area contributed by atoms with Crippen LogP contribution in [0.1, 0.15) is 68.9 Å². The number of hydrogen-bond acceptors (Lipinski definition) is 5. The molecule has 1 saturated carbocycles. The monoisotopic (exact) mass is 316 g/mol. The van der Waals surface area contributed by atoms with Crippen molar-refractivity contribution in [1.82, 2.24) is 20.4 Å². The van der Waals surface area contributed by atoms with E-state index in [1.54, 1.807) is 4.90 Å². The van der Waals surface area contributed by atoms with Gasteiger partial charge < -0.3 is 14.6 Å². The van der Waals surface area contributed by atoms with Crippen molar-refractivity contribution >= 4 is 5.91 Å². The number of allylic oxidation sites excluding steroid dienone is 1. The number of carbonyl (C=O) groups excluding carboxylic acids is 1. The van der Waals surface area contributed by atoms with Gasteiger partial charge in [0, 0.05) is 31.1 Å². The molecule has 0 saturated heterocycles. The molecule has 2 aliphatic rings. The van der Waals surface area contributed by atoms with Crippen molar-refractivity contribution in [3.05, 3.63) is 34.8 Å². The molecule has 3 rings (SSSR count). The lowest BCUT2D eigenvalue weighted by molar-refractivity contribution is 0.0720. The van der Waals surface area contributed by atoms with Crippen LogP contribution in [0.4, 0.5) is 0 Å². The first-order valence-corrected chi connectivity index (χ1v) is 8.32. The third-order valence-electron chi connectivity index (χ3n) is 4.46. The van der Waals surface area contributed by atoms with Crippen LogP contribution < -0.4 is 5.32 Å². The molecule has 23 heavy (non-hydrogen) atoms. The van der Waals surface area contributed by atoms with Crippen molar-refractivity contribution < 1.29 is 9.21 Å². The fourth-order valence-corrected chi connectivity index (χ4v) is 2.55. The van der Waals surface area contributed by atoms with Crippen molar-refractivity contribution in [3.63, 3.8) is 0 Å². The third-order valence-corrected chi connectivity index (χ3v) is 4.46. The summed E-state index contributed by atoms with van der Waals surface area (Å²) in [6, 6.07) is 0. The van der Waals surface area contributed by atoms with E-state index in [9.17, 15) is 4.79 Å². The van der Waals surface area contributed by atoms with E-state index in [0.29, 0.717) is 24.9 Å². The Balaban J connectivity index is 1.63. The van der Waals surface area contributed by atoms with E-state index in [4.69, 9.17) is 4.42 Å². The van der Waals surface area contributed by atoms with Crippen LogP contribution in [-0.2, 0) is 0 Å². The highest BCUT2D eigenvalue weighted by Gasteiger charge is 2.32. The molecule has 0 unspecified atom stereocenters. The van der Waals surface area contributed by atoms with Gasteiger partial charge in [-0.1, -0.05) is 12.5 Å². The van der Waals surface area contributed by atoms with Gasteiger partial charge in [-0.15, -0.1) is 10.2 Å². The SMILES string of the molecule is CCC(C)=CNC1=C(C)CN(C(=O)c2nnc(C3CC3)o2)CC1. The zero-order valence-electron chi connectivity index (χ0n) is 14.1. The van der Waals surface area contributed by atoms with Crippen molar-refractivity contribution in [1.29, 1.82) is 0 Å². The summed E-state index contributed by atoms with van der Waals surface area (Å²) < 4.78 is 5.52. The lowest BCUT2D eigenvalue weighted by Crippen LogP contribution is -2.38. The van der Waals surface area contributed by atoms with Gasteiger partial charge in [0.05, 0.1) is 0 Å². The topological polar surface area (TPSA) is 71.3 Å². The van der Waals surface area contributed by atoms with E-state index in [1.165, 1.54) is 16.8 Å². The quantitative estimate of drug-likeness (QED) is 0.904. The highest BCUT2D eigenvalue weighted by atomic mass is 16.4. The highest BCUT2D eigenvalue weighted by Crippen LogP contribution is 2.39. The molecule has 0 atom stereocenters. The van der Waals surface area contributed by atoms with Gasteiger partial charge in [-0.05, 0) is 44.9 Å². The molecule has 2 heterocycles. The maximum atomic E-state index is 12.5. The number of carbonyl (C=O) groups is 1. The molecule has 124 valence electrons. The molecule has 1 aromatic rings. The first-order chi connectivity index (χ1) is 11.1. The number of nitrogens with one attached hydrogen (secondary N) is 1. The summed E-state index contributed by atoms with van der Waals surface area (Å²) in [5.74, 6) is 0.942. The van der Waals surface area contributed by atoms with E-state index in [1.807, 2.05) is 0 Å². The predicted molar refractivity (Wildman–Crippen MR) is 86.7 cm³/mol. The Bertz CT molecular complexity index is 655. The molecule has 1 amide bonds. The average Bonchev–Trinajstić information content (AvgIpc) is 3.30. The number of nitrogens with zero attached hydrogens (tertiary/aromatic N) is 3. The summed E-state index contributed by atoms with van der Waals surface area (Å²) in [4.78, 5) is 14.3. The lowest BCUT2D eigenvalue weighted by atomic mass is 10.1. The zero-order valence-corrected chi connectivity index (χ0v) is 14.1. The second-order valence-corrected chi connectivity index (χ2v) is 6.44. The van der Waals surface area contributed by atoms with Crippen molar-refractivity contribution in [2.24, 2.45) is 0 Å². The van der Waals surface area contributed by atoms with Crippen LogP contribution in [0.25, 0.3) is 0 Å². The molecular weight excluding hydrogens is 292 g/mol. The Kier molecular flexibility index (Phi) is 4.50. The summed E-state index contributed by atoms with van der Waals surface area (Å²) in [5.41, 5.74) is 3.68. The van der Waals surface area contributed by atoms with E-state index < -0.39 is 0 Å². The molecule has 1 aromatic heterocycles. The first-order valence-electron chi connectivity index (χ1n) is 8.32. The van der Waals surface area contributed by atoms with Crippen LogP contribution in [0.5, 0.6) is 0 Å². The lowest BCUT2D eigenvalue weighted by Gasteiger charge is -2.28. The minimum absolute atomic E-state index is 0.123. The maximum Gasteiger partial charge on any atom is 0.311 e. The molecule has 6 nitrogen and oxygen atoms in total. The van der Waals surface area contributed by atoms with E-state index in [-0.39, 0.29) is 11.8 Å². The van der Waals surface area contributed by atoms with Gasteiger partial charge in [0.2, 0.25) is 5.89 Å². The highest BCUT2D eigenvalue weighted by molar-refractivity contribution is 5.89. The fraction of sp³-hybridized carbons (Fsp3) is 0.588. The van der Waals surface area contributed by atoms with Gasteiger partial charge >= 0.3 is 11.8 Å². The first kappa shape index (κ1) is 15.8. The van der Waals surface area contributed by atoms with Crippen molar-refractivity contribution in [3.8, 4) is 0 Å². The van der Waals surface area contributed by atoms with Gasteiger partial charge in [0.15, 0.2) is 0 Å². The maximum absolute atomic E-state index is 12.5. The third kappa shape index (κ3) is 3.63. The normalized spacial score (nSPS) is 19.3. The zero-order chi connectivity index (χ0) is 16.4. The summed E-state index contributed by atoms with van der Waals surface area (Å²) >= 11 is 0. The number of amides is 1. The number of rotatable bonds is 5. The van der Waals surface area contributed by atoms with Crippen molar-refractivity contribution in [2.45, 2.75) is 52.4 Å². The van der Waals surface area contributed by atoms with Crippen molar-refractivity contribution in [2.75, 3.05) is 13.1 Å². The second kappa shape index (κ2) is 6.56. The Morgan fingerprint density at radius 3 is 2.87 bits per heavy atom. The van der Waals surface area contributed by atoms with Crippen LogP contribution in [0.3, 0.4) is 0 Å². The molecule has 0 bridgehead atoms. The Morgan fingerprint density at radius 1 is 1.43 bits per heavy atom. The van der Waals surface area contributed by atoms with Gasteiger partial charge in [-0.25, -0.2) is 0 Å². The molecule has 0 spiro atoms. The van der Waals surface area contributed by atoms with E-state index in [0.717, 1.165) is 25.7 Å². The number of hydrogen-bond donors (Lipinski definition) is 1. The summed E-state index contributed by atoms with van der Waals surface area (Å²) in [6.07, 6.45) is 6.07. The summed E-state index contributed by atoms with van der Waals surface area (Å²) in [5, 5.41) is 11.3. The molecule has 6 heteroatoms. The van der Waals surface area contributed by atoms with E-state index >= 15 is 0 Å². The van der Waals surface area contributed by atoms with Gasteiger partial charge in [-0.3, -0.25) is 4.79 Å². The van der Waals surface area contributed by atoms with Gasteiger partial charge in [0.1, 0.15) is 0 Å². The standard InChI is InChI=1S/C17H24N4O2/c1-4-11(2)9-18-14-7-8-21(10-12(14)3)17(22)16-20-19-15(23-16)13-5-6-13/h9,13,18H,4-8,10H2,1-3H3. The van der Waals surface area contributed by atoms with Crippen LogP contribution in [0.2, 0.25) is 0 Å². The summed E-state index contributed by atoms with van der Waals surface area (Å²) in [6.45, 7) is 7.56. The summed E-state index contributed by atoms with van der Waals surface area (Å²) in [7, 11) is 0. The van der Waals surface area contributed by atoms with Gasteiger partial charge in [0.25, 0.3) is 0 Å². The molecule has 0 aromatic carbocycles. The Morgan fingerprint density at radius 2 is 2.22 bits per heavy atom. The molecule has 0 radical (unpaired) electrons. The van der Waals surface area contributed by atoms with Crippen LogP contribution in [-0.4, -0.2) is 34.1 Å². The molecule has 1 N–H and O–H groups in total. The number of aromatic nitrogens is 2. The predicted octanol–water partition coefficient (Wildman–Crippen LogP) is 2.97.